The lowest BCUT2D eigenvalue weighted by atomic mass is 10.6. The Kier molecular flexibility index (Phi) is 14.1. The van der Waals surface area contributed by atoms with Crippen molar-refractivity contribution in [3.63, 3.8) is 0 Å². The Balaban J connectivity index is 0. The number of hydrogen-bond acceptors (Lipinski definition) is 4. The van der Waals surface area contributed by atoms with Gasteiger partial charge < -0.3 is 18.0 Å². The molecule has 0 aliphatic heterocycles. The average molecular weight is 238 g/mol. The molecule has 0 unspecified atom stereocenters. The summed E-state index contributed by atoms with van der Waals surface area (Å²) in [5.41, 5.74) is 0. The second kappa shape index (κ2) is 12.1. The molecule has 5 heteroatoms. The SMILES string of the molecule is CCC[Si](OC)(OC)OC.CCOCC. The van der Waals surface area contributed by atoms with Crippen LogP contribution in [0.4, 0.5) is 0 Å². The monoisotopic (exact) mass is 238 g/mol. The normalized spacial score (nSPS) is 10.8. The summed E-state index contributed by atoms with van der Waals surface area (Å²) in [6.07, 6.45) is 1.03. The summed E-state index contributed by atoms with van der Waals surface area (Å²) >= 11 is 0. The summed E-state index contributed by atoms with van der Waals surface area (Å²) < 4.78 is 20.3. The van der Waals surface area contributed by atoms with Crippen molar-refractivity contribution in [3.8, 4) is 0 Å². The molecule has 0 aliphatic rings. The van der Waals surface area contributed by atoms with Gasteiger partial charge in [-0.15, -0.1) is 0 Å². The predicted molar refractivity (Wildman–Crippen MR) is 64.0 cm³/mol. The fourth-order valence-corrected chi connectivity index (χ4v) is 2.79. The van der Waals surface area contributed by atoms with E-state index in [1.54, 1.807) is 21.3 Å². The second-order valence-corrected chi connectivity index (χ2v) is 5.92. The first kappa shape index (κ1) is 17.5. The van der Waals surface area contributed by atoms with E-state index in [-0.39, 0.29) is 0 Å². The minimum atomic E-state index is -2.22. The van der Waals surface area contributed by atoms with Gasteiger partial charge >= 0.3 is 8.80 Å². The van der Waals surface area contributed by atoms with Crippen LogP contribution in [0.15, 0.2) is 0 Å². The molecule has 4 nitrogen and oxygen atoms in total. The molecule has 0 heterocycles. The molecule has 0 N–H and O–H groups in total. The van der Waals surface area contributed by atoms with Gasteiger partial charge in [-0.2, -0.15) is 0 Å². The number of rotatable bonds is 7. The van der Waals surface area contributed by atoms with E-state index in [2.05, 4.69) is 6.92 Å². The van der Waals surface area contributed by atoms with Gasteiger partial charge in [0.05, 0.1) is 0 Å². The molecule has 0 aromatic heterocycles. The zero-order valence-electron chi connectivity index (χ0n) is 11.0. The molecule has 0 aromatic rings. The fourth-order valence-electron chi connectivity index (χ4n) is 1.07. The molecule has 15 heavy (non-hydrogen) atoms. The van der Waals surface area contributed by atoms with Gasteiger partial charge in [-0.05, 0) is 13.8 Å². The van der Waals surface area contributed by atoms with Crippen LogP contribution in [0.5, 0.6) is 0 Å². The van der Waals surface area contributed by atoms with Crippen LogP contribution in [0.1, 0.15) is 27.2 Å². The largest absolute Gasteiger partial charge is 0.500 e. The molecule has 0 saturated heterocycles. The van der Waals surface area contributed by atoms with Crippen LogP contribution < -0.4 is 0 Å². The Morgan fingerprint density at radius 3 is 1.27 bits per heavy atom. The topological polar surface area (TPSA) is 36.9 Å². The fraction of sp³-hybridized carbons (Fsp3) is 1.00. The maximum Gasteiger partial charge on any atom is 0.500 e. The van der Waals surface area contributed by atoms with Gasteiger partial charge in [0.1, 0.15) is 0 Å². The first-order valence-corrected chi connectivity index (χ1v) is 7.32. The summed E-state index contributed by atoms with van der Waals surface area (Å²) in [6, 6.07) is 0.885. The molecule has 94 valence electrons. The van der Waals surface area contributed by atoms with Crippen LogP contribution in [0.3, 0.4) is 0 Å². The van der Waals surface area contributed by atoms with Crippen molar-refractivity contribution in [2.75, 3.05) is 34.5 Å². The molecule has 0 fully saturated rings. The lowest BCUT2D eigenvalue weighted by Crippen LogP contribution is -2.42. The van der Waals surface area contributed by atoms with Gasteiger partial charge in [-0.25, -0.2) is 0 Å². The number of hydrogen-bond donors (Lipinski definition) is 0. The van der Waals surface area contributed by atoms with Gasteiger partial charge in [0.2, 0.25) is 0 Å². The van der Waals surface area contributed by atoms with E-state index in [0.29, 0.717) is 0 Å². The lowest BCUT2D eigenvalue weighted by molar-refractivity contribution is 0.123. The summed E-state index contributed by atoms with van der Waals surface area (Å²) in [4.78, 5) is 0. The van der Waals surface area contributed by atoms with E-state index in [1.807, 2.05) is 13.8 Å². The lowest BCUT2D eigenvalue weighted by Gasteiger charge is -2.23. The van der Waals surface area contributed by atoms with Crippen LogP contribution in [0.25, 0.3) is 0 Å². The van der Waals surface area contributed by atoms with E-state index in [1.165, 1.54) is 0 Å². The zero-order valence-corrected chi connectivity index (χ0v) is 12.0. The standard InChI is InChI=1S/C6H16O3Si.C4H10O/c1-5-6-10(7-2,8-3)9-4;1-3-5-4-2/h5-6H2,1-4H3;3-4H2,1-2H3. The van der Waals surface area contributed by atoms with Crippen LogP contribution in [-0.2, 0) is 18.0 Å². The van der Waals surface area contributed by atoms with Crippen molar-refractivity contribution in [2.24, 2.45) is 0 Å². The first-order chi connectivity index (χ1) is 7.16. The zero-order chi connectivity index (χ0) is 12.2. The van der Waals surface area contributed by atoms with Crippen LogP contribution >= 0.6 is 0 Å². The third-order valence-corrected chi connectivity index (χ3v) is 4.88. The molecule has 0 aliphatic carbocycles. The smallest absolute Gasteiger partial charge is 0.382 e. The van der Waals surface area contributed by atoms with Crippen molar-refractivity contribution >= 4 is 8.80 Å². The van der Waals surface area contributed by atoms with Gasteiger partial charge in [0.15, 0.2) is 0 Å². The number of ether oxygens (including phenoxy) is 1. The Morgan fingerprint density at radius 1 is 0.800 bits per heavy atom. The van der Waals surface area contributed by atoms with Crippen molar-refractivity contribution in [1.29, 1.82) is 0 Å². The third kappa shape index (κ3) is 9.01. The molecule has 0 atom stereocenters. The highest BCUT2D eigenvalue weighted by molar-refractivity contribution is 6.60. The van der Waals surface area contributed by atoms with Gasteiger partial charge in [-0.1, -0.05) is 13.3 Å². The molecular weight excluding hydrogens is 212 g/mol. The minimum Gasteiger partial charge on any atom is -0.382 e. The molecule has 0 saturated carbocycles. The van der Waals surface area contributed by atoms with E-state index in [9.17, 15) is 0 Å². The van der Waals surface area contributed by atoms with Gasteiger partial charge in [0.25, 0.3) is 0 Å². The first-order valence-electron chi connectivity index (χ1n) is 5.39. The van der Waals surface area contributed by atoms with Crippen molar-refractivity contribution < 1.29 is 18.0 Å². The Labute approximate surface area is 95.2 Å². The maximum absolute atomic E-state index is 5.17. The molecule has 0 aromatic carbocycles. The molecule has 0 spiro atoms. The second-order valence-electron chi connectivity index (χ2n) is 2.83. The predicted octanol–water partition coefficient (Wildman–Crippen LogP) is 2.32. The summed E-state index contributed by atoms with van der Waals surface area (Å²) in [5, 5.41) is 0. The summed E-state index contributed by atoms with van der Waals surface area (Å²) in [5.74, 6) is 0. The van der Waals surface area contributed by atoms with Crippen LogP contribution in [0, 0.1) is 0 Å². The molecular formula is C10H26O4Si. The minimum absolute atomic E-state index is 0.844. The van der Waals surface area contributed by atoms with Crippen LogP contribution in [0.2, 0.25) is 6.04 Å². The third-order valence-electron chi connectivity index (χ3n) is 1.90. The Bertz CT molecular complexity index is 108. The summed E-state index contributed by atoms with van der Waals surface area (Å²) in [6.45, 7) is 7.75. The van der Waals surface area contributed by atoms with E-state index < -0.39 is 8.80 Å². The molecule has 0 radical (unpaired) electrons. The highest BCUT2D eigenvalue weighted by Crippen LogP contribution is 2.13. The summed E-state index contributed by atoms with van der Waals surface area (Å²) in [7, 11) is 2.68. The van der Waals surface area contributed by atoms with Gasteiger partial charge in [-0.3, -0.25) is 0 Å². The molecule has 0 bridgehead atoms. The van der Waals surface area contributed by atoms with Gasteiger partial charge in [0, 0.05) is 40.6 Å². The molecule has 0 rings (SSSR count). The van der Waals surface area contributed by atoms with Crippen molar-refractivity contribution in [2.45, 2.75) is 33.2 Å². The van der Waals surface area contributed by atoms with E-state index in [4.69, 9.17) is 18.0 Å². The average Bonchev–Trinajstić information content (AvgIpc) is 2.28. The molecule has 0 amide bonds. The maximum atomic E-state index is 5.17. The van der Waals surface area contributed by atoms with E-state index in [0.717, 1.165) is 25.7 Å². The Hall–Kier alpha value is 0.0569. The highest BCUT2D eigenvalue weighted by Gasteiger charge is 2.36. The van der Waals surface area contributed by atoms with Crippen LogP contribution in [-0.4, -0.2) is 43.3 Å². The Morgan fingerprint density at radius 2 is 1.20 bits per heavy atom. The van der Waals surface area contributed by atoms with E-state index >= 15 is 0 Å². The highest BCUT2D eigenvalue weighted by atomic mass is 28.4. The quantitative estimate of drug-likeness (QED) is 0.638. The van der Waals surface area contributed by atoms with Crippen molar-refractivity contribution in [1.82, 2.24) is 0 Å². The van der Waals surface area contributed by atoms with Crippen molar-refractivity contribution in [3.05, 3.63) is 0 Å².